The first-order chi connectivity index (χ1) is 11.1. The molecule has 2 aromatic heterocycles. The van der Waals surface area contributed by atoms with Crippen LogP contribution in [-0.2, 0) is 5.75 Å². The Morgan fingerprint density at radius 2 is 2.09 bits per heavy atom. The highest BCUT2D eigenvalue weighted by Gasteiger charge is 2.13. The van der Waals surface area contributed by atoms with Gasteiger partial charge < -0.3 is 9.26 Å². The number of rotatable bonds is 6. The summed E-state index contributed by atoms with van der Waals surface area (Å²) in [4.78, 5) is 4.44. The van der Waals surface area contributed by atoms with Gasteiger partial charge in [0.05, 0.1) is 11.9 Å². The van der Waals surface area contributed by atoms with Gasteiger partial charge in [0.25, 0.3) is 5.19 Å². The number of aromatic nitrogens is 4. The Balaban J connectivity index is 1.63. The molecule has 0 atom stereocenters. The standard InChI is InChI=1S/C15H16N4O2S2/c1-9(2)20-14-17-18-15(23-14)22-8-12-16-13(19-21-12)11-7-5-4-6-10(11)3/h4-7,9H,8H2,1-3H3. The molecule has 0 saturated heterocycles. The molecular formula is C15H16N4O2S2. The summed E-state index contributed by atoms with van der Waals surface area (Å²) in [7, 11) is 0. The molecule has 0 saturated carbocycles. The monoisotopic (exact) mass is 348 g/mol. The topological polar surface area (TPSA) is 73.9 Å². The second-order valence-electron chi connectivity index (χ2n) is 5.12. The smallest absolute Gasteiger partial charge is 0.295 e. The molecule has 3 aromatic rings. The summed E-state index contributed by atoms with van der Waals surface area (Å²) < 4.78 is 11.6. The van der Waals surface area contributed by atoms with Gasteiger partial charge in [-0.25, -0.2) is 0 Å². The van der Waals surface area contributed by atoms with Crippen LogP contribution in [0.3, 0.4) is 0 Å². The van der Waals surface area contributed by atoms with Crippen molar-refractivity contribution in [3.05, 3.63) is 35.7 Å². The Kier molecular flexibility index (Phi) is 4.92. The number of hydrogen-bond acceptors (Lipinski definition) is 8. The molecule has 0 aliphatic rings. The largest absolute Gasteiger partial charge is 0.466 e. The molecule has 0 aliphatic heterocycles. The summed E-state index contributed by atoms with van der Waals surface area (Å²) in [6.07, 6.45) is 0.0911. The lowest BCUT2D eigenvalue weighted by molar-refractivity contribution is 0.239. The zero-order valence-corrected chi connectivity index (χ0v) is 14.6. The van der Waals surface area contributed by atoms with E-state index in [4.69, 9.17) is 9.26 Å². The minimum Gasteiger partial charge on any atom is -0.466 e. The Morgan fingerprint density at radius 3 is 2.87 bits per heavy atom. The van der Waals surface area contributed by atoms with E-state index in [9.17, 15) is 0 Å². The highest BCUT2D eigenvalue weighted by Crippen LogP contribution is 2.30. The lowest BCUT2D eigenvalue weighted by Crippen LogP contribution is -2.04. The van der Waals surface area contributed by atoms with E-state index in [2.05, 4.69) is 20.3 Å². The summed E-state index contributed by atoms with van der Waals surface area (Å²) in [5.74, 6) is 1.73. The fourth-order valence-electron chi connectivity index (χ4n) is 1.87. The predicted molar refractivity (Wildman–Crippen MR) is 89.7 cm³/mol. The average Bonchev–Trinajstić information content (AvgIpc) is 3.14. The number of nitrogens with zero attached hydrogens (tertiary/aromatic N) is 4. The number of benzene rings is 1. The molecule has 2 heterocycles. The van der Waals surface area contributed by atoms with Crippen LogP contribution in [0.5, 0.6) is 5.19 Å². The molecule has 3 rings (SSSR count). The summed E-state index contributed by atoms with van der Waals surface area (Å²) in [6, 6.07) is 7.96. The van der Waals surface area contributed by atoms with Crippen LogP contribution >= 0.6 is 23.1 Å². The van der Waals surface area contributed by atoms with E-state index in [0.717, 1.165) is 15.5 Å². The SMILES string of the molecule is Cc1ccccc1-c1noc(CSc2nnc(OC(C)C)s2)n1. The molecular weight excluding hydrogens is 332 g/mol. The molecule has 0 fully saturated rings. The third-order valence-electron chi connectivity index (χ3n) is 2.90. The zero-order valence-electron chi connectivity index (χ0n) is 13.0. The molecule has 0 N–H and O–H groups in total. The van der Waals surface area contributed by atoms with Crippen molar-refractivity contribution in [1.29, 1.82) is 0 Å². The number of hydrogen-bond donors (Lipinski definition) is 0. The minimum atomic E-state index is 0.0911. The first-order valence-corrected chi connectivity index (χ1v) is 8.93. The molecule has 0 radical (unpaired) electrons. The van der Waals surface area contributed by atoms with Gasteiger partial charge in [0.2, 0.25) is 11.7 Å². The van der Waals surface area contributed by atoms with Crippen molar-refractivity contribution < 1.29 is 9.26 Å². The Hall–Kier alpha value is -1.93. The molecule has 1 aromatic carbocycles. The van der Waals surface area contributed by atoms with Gasteiger partial charge >= 0.3 is 0 Å². The third kappa shape index (κ3) is 4.08. The van der Waals surface area contributed by atoms with Gasteiger partial charge in [0.1, 0.15) is 0 Å². The molecule has 23 heavy (non-hydrogen) atoms. The van der Waals surface area contributed by atoms with Crippen LogP contribution in [0.1, 0.15) is 25.3 Å². The first-order valence-electron chi connectivity index (χ1n) is 7.13. The van der Waals surface area contributed by atoms with Crippen LogP contribution in [0.4, 0.5) is 0 Å². The normalized spacial score (nSPS) is 11.1. The fraction of sp³-hybridized carbons (Fsp3) is 0.333. The van der Waals surface area contributed by atoms with Gasteiger partial charge in [-0.05, 0) is 37.7 Å². The second kappa shape index (κ2) is 7.10. The highest BCUT2D eigenvalue weighted by molar-refractivity contribution is 8.00. The van der Waals surface area contributed by atoms with Crippen molar-refractivity contribution in [2.75, 3.05) is 0 Å². The van der Waals surface area contributed by atoms with E-state index in [1.54, 1.807) is 0 Å². The molecule has 6 nitrogen and oxygen atoms in total. The summed E-state index contributed by atoms with van der Waals surface area (Å²) in [5, 5.41) is 12.7. The fourth-order valence-corrected chi connectivity index (χ4v) is 3.52. The van der Waals surface area contributed by atoms with E-state index in [1.165, 1.54) is 23.1 Å². The maximum atomic E-state index is 5.50. The first kappa shape index (κ1) is 15.9. The summed E-state index contributed by atoms with van der Waals surface area (Å²) in [5.41, 5.74) is 2.10. The average molecular weight is 348 g/mol. The maximum Gasteiger partial charge on any atom is 0.295 e. The zero-order chi connectivity index (χ0) is 16.2. The second-order valence-corrected chi connectivity index (χ2v) is 7.28. The van der Waals surface area contributed by atoms with Crippen LogP contribution in [0, 0.1) is 6.92 Å². The van der Waals surface area contributed by atoms with E-state index in [1.807, 2.05) is 45.0 Å². The Morgan fingerprint density at radius 1 is 1.26 bits per heavy atom. The van der Waals surface area contributed by atoms with Gasteiger partial charge in [-0.2, -0.15) is 4.98 Å². The molecule has 8 heteroatoms. The number of thioether (sulfide) groups is 1. The molecule has 0 amide bonds. The highest BCUT2D eigenvalue weighted by atomic mass is 32.2. The molecule has 0 spiro atoms. The van der Waals surface area contributed by atoms with Gasteiger partial charge in [0.15, 0.2) is 4.34 Å². The van der Waals surface area contributed by atoms with Crippen LogP contribution < -0.4 is 4.74 Å². The number of aryl methyl sites for hydroxylation is 1. The lowest BCUT2D eigenvalue weighted by atomic mass is 10.1. The third-order valence-corrected chi connectivity index (χ3v) is 4.83. The van der Waals surface area contributed by atoms with Gasteiger partial charge in [0, 0.05) is 5.56 Å². The predicted octanol–water partition coefficient (Wildman–Crippen LogP) is 3.98. The van der Waals surface area contributed by atoms with Crippen molar-refractivity contribution >= 4 is 23.1 Å². The van der Waals surface area contributed by atoms with Crippen molar-refractivity contribution in [3.63, 3.8) is 0 Å². The van der Waals surface area contributed by atoms with E-state index in [-0.39, 0.29) is 6.10 Å². The van der Waals surface area contributed by atoms with Crippen LogP contribution in [0.25, 0.3) is 11.4 Å². The van der Waals surface area contributed by atoms with Gasteiger partial charge in [-0.3, -0.25) is 0 Å². The van der Waals surface area contributed by atoms with E-state index in [0.29, 0.717) is 22.7 Å². The quantitative estimate of drug-likeness (QED) is 0.624. The van der Waals surface area contributed by atoms with Crippen molar-refractivity contribution in [2.24, 2.45) is 0 Å². The number of ether oxygens (including phenoxy) is 1. The van der Waals surface area contributed by atoms with Gasteiger partial charge in [-0.15, -0.1) is 5.10 Å². The molecule has 0 bridgehead atoms. The van der Waals surface area contributed by atoms with E-state index >= 15 is 0 Å². The van der Waals surface area contributed by atoms with Gasteiger partial charge in [-0.1, -0.05) is 46.3 Å². The van der Waals surface area contributed by atoms with Crippen molar-refractivity contribution in [3.8, 4) is 16.6 Å². The Bertz CT molecular complexity index is 785. The molecule has 0 unspecified atom stereocenters. The Labute approximate surface area is 142 Å². The van der Waals surface area contributed by atoms with Crippen LogP contribution in [0.2, 0.25) is 0 Å². The summed E-state index contributed by atoms with van der Waals surface area (Å²) >= 11 is 2.92. The maximum absolute atomic E-state index is 5.50. The molecule has 0 aliphatic carbocycles. The van der Waals surface area contributed by atoms with E-state index < -0.39 is 0 Å². The van der Waals surface area contributed by atoms with Crippen LogP contribution in [-0.4, -0.2) is 26.4 Å². The van der Waals surface area contributed by atoms with Crippen molar-refractivity contribution in [1.82, 2.24) is 20.3 Å². The summed E-state index contributed by atoms with van der Waals surface area (Å²) in [6.45, 7) is 5.94. The van der Waals surface area contributed by atoms with Crippen LogP contribution in [0.15, 0.2) is 33.1 Å². The lowest BCUT2D eigenvalue weighted by Gasteiger charge is -2.02. The van der Waals surface area contributed by atoms with Crippen molar-refractivity contribution in [2.45, 2.75) is 37.0 Å². The minimum absolute atomic E-state index is 0.0911. The molecule has 120 valence electrons.